The molecule has 2 unspecified atom stereocenters. The van der Waals surface area contributed by atoms with Gasteiger partial charge in [0, 0.05) is 22.6 Å². The largest absolute Gasteiger partial charge is 0.497 e. The van der Waals surface area contributed by atoms with Crippen LogP contribution in [0.3, 0.4) is 0 Å². The first-order chi connectivity index (χ1) is 13.0. The molecule has 1 aliphatic rings. The van der Waals surface area contributed by atoms with Crippen LogP contribution in [-0.2, 0) is 4.79 Å². The van der Waals surface area contributed by atoms with E-state index < -0.39 is 6.04 Å². The topological polar surface area (TPSA) is 59.6 Å². The van der Waals surface area contributed by atoms with Crippen LogP contribution in [0, 0.1) is 11.8 Å². The van der Waals surface area contributed by atoms with Crippen molar-refractivity contribution >= 4 is 29.9 Å². The number of methoxy groups -OCH3 is 2. The van der Waals surface area contributed by atoms with Gasteiger partial charge in [0.15, 0.2) is 0 Å². The van der Waals surface area contributed by atoms with E-state index >= 15 is 0 Å². The fourth-order valence-corrected chi connectivity index (χ4v) is 3.49. The van der Waals surface area contributed by atoms with Crippen LogP contribution in [0.4, 0.5) is 0 Å². The van der Waals surface area contributed by atoms with Crippen LogP contribution in [0.5, 0.6) is 11.5 Å². The zero-order valence-corrected chi connectivity index (χ0v) is 17.8. The van der Waals surface area contributed by atoms with Gasteiger partial charge in [-0.15, -0.1) is 12.4 Å². The molecule has 1 heterocycles. The molecule has 1 saturated heterocycles. The Hall–Kier alpha value is -1.95. The molecule has 0 saturated carbocycles. The number of hydrogen-bond donors (Lipinski definition) is 2. The second-order valence-electron chi connectivity index (χ2n) is 6.78. The Balaban J connectivity index is 0.00000280. The maximum absolute atomic E-state index is 12.9. The van der Waals surface area contributed by atoms with Gasteiger partial charge in [-0.2, -0.15) is 0 Å². The number of rotatable bonds is 7. The van der Waals surface area contributed by atoms with Gasteiger partial charge in [-0.05, 0) is 42.8 Å². The zero-order chi connectivity index (χ0) is 19.4. The van der Waals surface area contributed by atoms with E-state index in [4.69, 9.17) is 21.1 Å². The standard InChI is InChI=1S/C21H25ClN2O3.ClH/c1-13(14-11-23-12-14)21(25)24-20(16-6-4-5-7-18(16)22)17-9-8-15(26-2)10-19(17)27-3;/h4-10,13-14,20,23H,11-12H2,1-3H3,(H,24,25);1H. The lowest BCUT2D eigenvalue weighted by atomic mass is 9.87. The minimum absolute atomic E-state index is 0. The summed E-state index contributed by atoms with van der Waals surface area (Å²) in [5.74, 6) is 1.60. The summed E-state index contributed by atoms with van der Waals surface area (Å²) in [6.07, 6.45) is 0. The number of carbonyl (C=O) groups excluding carboxylic acids is 1. The molecule has 0 aromatic heterocycles. The fourth-order valence-electron chi connectivity index (χ4n) is 3.24. The van der Waals surface area contributed by atoms with Gasteiger partial charge < -0.3 is 20.1 Å². The Bertz CT molecular complexity index is 812. The van der Waals surface area contributed by atoms with Crippen molar-refractivity contribution in [1.82, 2.24) is 10.6 Å². The quantitative estimate of drug-likeness (QED) is 0.708. The molecule has 2 N–H and O–H groups in total. The molecule has 0 spiro atoms. The minimum atomic E-state index is -0.414. The summed E-state index contributed by atoms with van der Waals surface area (Å²) in [5.41, 5.74) is 1.66. The minimum Gasteiger partial charge on any atom is -0.497 e. The van der Waals surface area contributed by atoms with E-state index in [-0.39, 0.29) is 24.2 Å². The number of hydrogen-bond acceptors (Lipinski definition) is 4. The molecule has 2 atom stereocenters. The van der Waals surface area contributed by atoms with Crippen LogP contribution in [0.25, 0.3) is 0 Å². The number of halogens is 2. The van der Waals surface area contributed by atoms with Crippen molar-refractivity contribution in [2.45, 2.75) is 13.0 Å². The highest BCUT2D eigenvalue weighted by Crippen LogP contribution is 2.36. The summed E-state index contributed by atoms with van der Waals surface area (Å²) in [7, 11) is 3.21. The third-order valence-corrected chi connectivity index (χ3v) is 5.53. The normalized spacial score (nSPS) is 15.6. The summed E-state index contributed by atoms with van der Waals surface area (Å²) in [6, 6.07) is 12.7. The number of nitrogens with one attached hydrogen (secondary N) is 2. The molecule has 2 aromatic rings. The molecular formula is C21H26Cl2N2O3. The van der Waals surface area contributed by atoms with E-state index in [1.165, 1.54) is 0 Å². The predicted octanol–water partition coefficient (Wildman–Crippen LogP) is 3.84. The Morgan fingerprint density at radius 2 is 1.86 bits per heavy atom. The Morgan fingerprint density at radius 3 is 2.43 bits per heavy atom. The molecule has 1 amide bonds. The van der Waals surface area contributed by atoms with Crippen molar-refractivity contribution in [2.75, 3.05) is 27.3 Å². The monoisotopic (exact) mass is 424 g/mol. The molecule has 0 radical (unpaired) electrons. The lowest BCUT2D eigenvalue weighted by Crippen LogP contribution is -2.50. The van der Waals surface area contributed by atoms with Crippen molar-refractivity contribution in [2.24, 2.45) is 11.8 Å². The first kappa shape index (κ1) is 22.3. The first-order valence-electron chi connectivity index (χ1n) is 9.02. The Morgan fingerprint density at radius 1 is 1.14 bits per heavy atom. The molecule has 2 aromatic carbocycles. The van der Waals surface area contributed by atoms with E-state index in [2.05, 4.69) is 10.6 Å². The van der Waals surface area contributed by atoms with Gasteiger partial charge in [0.2, 0.25) is 5.91 Å². The van der Waals surface area contributed by atoms with Crippen LogP contribution >= 0.6 is 24.0 Å². The third-order valence-electron chi connectivity index (χ3n) is 5.19. The van der Waals surface area contributed by atoms with Crippen LogP contribution in [-0.4, -0.2) is 33.2 Å². The van der Waals surface area contributed by atoms with E-state index in [0.717, 1.165) is 24.2 Å². The number of ether oxygens (including phenoxy) is 2. The second kappa shape index (κ2) is 10.0. The van der Waals surface area contributed by atoms with Gasteiger partial charge >= 0.3 is 0 Å². The van der Waals surface area contributed by atoms with Gasteiger partial charge in [0.05, 0.1) is 20.3 Å². The van der Waals surface area contributed by atoms with E-state index in [0.29, 0.717) is 22.4 Å². The Labute approximate surface area is 177 Å². The van der Waals surface area contributed by atoms with Gasteiger partial charge in [-0.25, -0.2) is 0 Å². The van der Waals surface area contributed by atoms with E-state index in [1.54, 1.807) is 14.2 Å². The maximum Gasteiger partial charge on any atom is 0.223 e. The zero-order valence-electron chi connectivity index (χ0n) is 16.2. The summed E-state index contributed by atoms with van der Waals surface area (Å²) in [5, 5.41) is 6.99. The molecule has 7 heteroatoms. The van der Waals surface area contributed by atoms with Crippen LogP contribution in [0.2, 0.25) is 5.02 Å². The molecule has 0 bridgehead atoms. The fraction of sp³-hybridized carbons (Fsp3) is 0.381. The highest BCUT2D eigenvalue weighted by molar-refractivity contribution is 6.31. The Kier molecular flexibility index (Phi) is 7.98. The maximum atomic E-state index is 12.9. The van der Waals surface area contributed by atoms with E-state index in [1.807, 2.05) is 49.4 Å². The molecule has 3 rings (SSSR count). The van der Waals surface area contributed by atoms with Crippen molar-refractivity contribution in [3.8, 4) is 11.5 Å². The van der Waals surface area contributed by atoms with Crippen LogP contribution in [0.1, 0.15) is 24.1 Å². The highest BCUT2D eigenvalue weighted by atomic mass is 35.5. The average molecular weight is 425 g/mol. The van der Waals surface area contributed by atoms with Crippen LogP contribution in [0.15, 0.2) is 42.5 Å². The molecule has 1 fully saturated rings. The van der Waals surface area contributed by atoms with Gasteiger partial charge in [0.25, 0.3) is 0 Å². The molecular weight excluding hydrogens is 399 g/mol. The van der Waals surface area contributed by atoms with Crippen molar-refractivity contribution in [1.29, 1.82) is 0 Å². The van der Waals surface area contributed by atoms with Crippen LogP contribution < -0.4 is 20.1 Å². The van der Waals surface area contributed by atoms with Gasteiger partial charge in [-0.1, -0.05) is 36.7 Å². The summed E-state index contributed by atoms with van der Waals surface area (Å²) >= 11 is 6.46. The van der Waals surface area contributed by atoms with Crippen molar-refractivity contribution < 1.29 is 14.3 Å². The second-order valence-corrected chi connectivity index (χ2v) is 7.19. The molecule has 28 heavy (non-hydrogen) atoms. The molecule has 0 aliphatic carbocycles. The first-order valence-corrected chi connectivity index (χ1v) is 9.40. The van der Waals surface area contributed by atoms with Gasteiger partial charge in [0.1, 0.15) is 11.5 Å². The predicted molar refractivity (Wildman–Crippen MR) is 114 cm³/mol. The van der Waals surface area contributed by atoms with Crippen molar-refractivity contribution in [3.05, 3.63) is 58.6 Å². The number of amides is 1. The third kappa shape index (κ3) is 4.72. The lowest BCUT2D eigenvalue weighted by molar-refractivity contribution is -0.127. The molecule has 5 nitrogen and oxygen atoms in total. The molecule has 152 valence electrons. The average Bonchev–Trinajstić information content (AvgIpc) is 2.64. The smallest absolute Gasteiger partial charge is 0.223 e. The van der Waals surface area contributed by atoms with E-state index in [9.17, 15) is 4.79 Å². The highest BCUT2D eigenvalue weighted by Gasteiger charge is 2.31. The summed E-state index contributed by atoms with van der Waals surface area (Å²) in [6.45, 7) is 3.71. The summed E-state index contributed by atoms with van der Waals surface area (Å²) in [4.78, 5) is 12.9. The SMILES string of the molecule is COc1ccc(C(NC(=O)C(C)C2CNC2)c2ccccc2Cl)c(OC)c1.Cl. The number of carbonyl (C=O) groups is 1. The van der Waals surface area contributed by atoms with Crippen molar-refractivity contribution in [3.63, 3.8) is 0 Å². The summed E-state index contributed by atoms with van der Waals surface area (Å²) < 4.78 is 10.9. The number of benzene rings is 2. The van der Waals surface area contributed by atoms with Gasteiger partial charge in [-0.3, -0.25) is 4.79 Å². The molecule has 1 aliphatic heterocycles. The lowest BCUT2D eigenvalue weighted by Gasteiger charge is -2.33.